The monoisotopic (exact) mass is 314 g/mol. The Morgan fingerprint density at radius 3 is 2.74 bits per heavy atom. The number of hydrogen-bond donors (Lipinski definition) is 1. The van der Waals surface area contributed by atoms with Gasteiger partial charge in [-0.05, 0) is 42.7 Å². The zero-order valence-corrected chi connectivity index (χ0v) is 12.6. The summed E-state index contributed by atoms with van der Waals surface area (Å²) in [6.45, 7) is 4.25. The van der Waals surface area contributed by atoms with Crippen molar-refractivity contribution in [3.63, 3.8) is 0 Å². The minimum Gasteiger partial charge on any atom is -0.338 e. The second-order valence-corrected chi connectivity index (χ2v) is 5.61. The van der Waals surface area contributed by atoms with Crippen LogP contribution in [0, 0.1) is 6.92 Å². The highest BCUT2D eigenvalue weighted by atomic mass is 79.9. The van der Waals surface area contributed by atoms with Gasteiger partial charge in [0.2, 0.25) is 0 Å². The minimum absolute atomic E-state index is 0.920. The predicted octanol–water partition coefficient (Wildman–Crippen LogP) is 4.86. The molecule has 1 aromatic heterocycles. The van der Waals surface area contributed by atoms with Crippen LogP contribution in [0.3, 0.4) is 0 Å². The van der Waals surface area contributed by atoms with Crippen LogP contribution < -0.4 is 0 Å². The van der Waals surface area contributed by atoms with Crippen molar-refractivity contribution in [2.45, 2.75) is 20.3 Å². The van der Waals surface area contributed by atoms with Crippen LogP contribution in [0.5, 0.6) is 0 Å². The summed E-state index contributed by atoms with van der Waals surface area (Å²) in [5.41, 5.74) is 5.78. The highest BCUT2D eigenvalue weighted by molar-refractivity contribution is 9.10. The first-order valence-corrected chi connectivity index (χ1v) is 7.22. The van der Waals surface area contributed by atoms with Crippen molar-refractivity contribution in [2.75, 3.05) is 0 Å². The Morgan fingerprint density at radius 2 is 2.00 bits per heavy atom. The quantitative estimate of drug-likeness (QED) is 0.718. The SMILES string of the molecule is CCc1ccc2nc(-c3ccc(C)c(Br)c3)[nH]c2c1. The number of nitrogens with zero attached hydrogens (tertiary/aromatic N) is 1. The summed E-state index contributed by atoms with van der Waals surface area (Å²) in [5.74, 6) is 0.920. The average Bonchev–Trinajstić information content (AvgIpc) is 2.84. The van der Waals surface area contributed by atoms with Crippen LogP contribution in [0.15, 0.2) is 40.9 Å². The lowest BCUT2D eigenvalue weighted by molar-refractivity contribution is 1.14. The lowest BCUT2D eigenvalue weighted by Crippen LogP contribution is -1.82. The summed E-state index contributed by atoms with van der Waals surface area (Å²) in [7, 11) is 0. The van der Waals surface area contributed by atoms with Gasteiger partial charge in [-0.1, -0.05) is 41.1 Å². The molecule has 0 unspecified atom stereocenters. The van der Waals surface area contributed by atoms with E-state index in [9.17, 15) is 0 Å². The van der Waals surface area contributed by atoms with Crippen LogP contribution in [0.25, 0.3) is 22.4 Å². The Morgan fingerprint density at radius 1 is 1.16 bits per heavy atom. The van der Waals surface area contributed by atoms with Gasteiger partial charge >= 0.3 is 0 Å². The summed E-state index contributed by atoms with van der Waals surface area (Å²) in [6.07, 6.45) is 1.04. The zero-order valence-electron chi connectivity index (χ0n) is 11.0. The molecule has 19 heavy (non-hydrogen) atoms. The molecular weight excluding hydrogens is 300 g/mol. The number of aromatic nitrogens is 2. The van der Waals surface area contributed by atoms with Crippen LogP contribution in [0.4, 0.5) is 0 Å². The number of benzene rings is 2. The number of rotatable bonds is 2. The summed E-state index contributed by atoms with van der Waals surface area (Å²) in [6, 6.07) is 12.7. The van der Waals surface area contributed by atoms with Gasteiger partial charge in [0, 0.05) is 10.0 Å². The Balaban J connectivity index is 2.11. The molecule has 2 aromatic carbocycles. The summed E-state index contributed by atoms with van der Waals surface area (Å²) in [4.78, 5) is 8.05. The fraction of sp³-hybridized carbons (Fsp3) is 0.188. The maximum absolute atomic E-state index is 4.65. The third-order valence-corrected chi connectivity index (χ3v) is 4.25. The predicted molar refractivity (Wildman–Crippen MR) is 83.3 cm³/mol. The summed E-state index contributed by atoms with van der Waals surface area (Å²) in [5, 5.41) is 0. The van der Waals surface area contributed by atoms with Crippen molar-refractivity contribution in [2.24, 2.45) is 0 Å². The van der Waals surface area contributed by atoms with E-state index in [0.717, 1.165) is 33.3 Å². The van der Waals surface area contributed by atoms with Crippen molar-refractivity contribution in [1.29, 1.82) is 0 Å². The Labute approximate surface area is 121 Å². The molecule has 96 valence electrons. The van der Waals surface area contributed by atoms with E-state index in [2.05, 4.69) is 76.1 Å². The van der Waals surface area contributed by atoms with E-state index in [1.54, 1.807) is 0 Å². The average molecular weight is 315 g/mol. The molecule has 3 rings (SSSR count). The first-order valence-electron chi connectivity index (χ1n) is 6.42. The molecule has 3 heteroatoms. The molecule has 0 aliphatic rings. The van der Waals surface area contributed by atoms with E-state index >= 15 is 0 Å². The van der Waals surface area contributed by atoms with E-state index < -0.39 is 0 Å². The molecular formula is C16H15BrN2. The number of aryl methyl sites for hydroxylation is 2. The van der Waals surface area contributed by atoms with Crippen LogP contribution in [-0.2, 0) is 6.42 Å². The lowest BCUT2D eigenvalue weighted by Gasteiger charge is -2.00. The van der Waals surface area contributed by atoms with Gasteiger partial charge in [-0.3, -0.25) is 0 Å². The van der Waals surface area contributed by atoms with Crippen LogP contribution >= 0.6 is 15.9 Å². The molecule has 0 spiro atoms. The van der Waals surface area contributed by atoms with Gasteiger partial charge in [0.25, 0.3) is 0 Å². The Kier molecular flexibility index (Phi) is 3.15. The Bertz CT molecular complexity index is 744. The summed E-state index contributed by atoms with van der Waals surface area (Å²) < 4.78 is 1.11. The molecule has 0 aliphatic heterocycles. The third-order valence-electron chi connectivity index (χ3n) is 3.40. The molecule has 0 amide bonds. The molecule has 0 saturated carbocycles. The number of halogens is 1. The van der Waals surface area contributed by atoms with Gasteiger partial charge in [-0.2, -0.15) is 0 Å². The molecule has 0 fully saturated rings. The van der Waals surface area contributed by atoms with Gasteiger partial charge in [-0.25, -0.2) is 4.98 Å². The number of fused-ring (bicyclic) bond motifs is 1. The van der Waals surface area contributed by atoms with Crippen LogP contribution in [0.1, 0.15) is 18.1 Å². The highest BCUT2D eigenvalue weighted by Crippen LogP contribution is 2.26. The van der Waals surface area contributed by atoms with Crippen molar-refractivity contribution in [3.05, 3.63) is 52.0 Å². The number of nitrogens with one attached hydrogen (secondary N) is 1. The van der Waals surface area contributed by atoms with Gasteiger partial charge in [-0.15, -0.1) is 0 Å². The summed E-state index contributed by atoms with van der Waals surface area (Å²) >= 11 is 3.57. The van der Waals surface area contributed by atoms with Crippen LogP contribution in [0.2, 0.25) is 0 Å². The van der Waals surface area contributed by atoms with Gasteiger partial charge in [0.15, 0.2) is 0 Å². The number of imidazole rings is 1. The fourth-order valence-corrected chi connectivity index (χ4v) is 2.53. The smallest absolute Gasteiger partial charge is 0.138 e. The minimum atomic E-state index is 0.920. The fourth-order valence-electron chi connectivity index (χ4n) is 2.15. The topological polar surface area (TPSA) is 28.7 Å². The zero-order chi connectivity index (χ0) is 13.4. The maximum atomic E-state index is 4.65. The van der Waals surface area contributed by atoms with Gasteiger partial charge in [0.1, 0.15) is 5.82 Å². The van der Waals surface area contributed by atoms with E-state index in [1.807, 2.05) is 0 Å². The Hall–Kier alpha value is -1.61. The van der Waals surface area contributed by atoms with E-state index in [1.165, 1.54) is 11.1 Å². The van der Waals surface area contributed by atoms with Crippen LogP contribution in [-0.4, -0.2) is 9.97 Å². The standard InChI is InChI=1S/C16H15BrN2/c1-3-11-5-7-14-15(8-11)19-16(18-14)12-6-4-10(2)13(17)9-12/h4-9H,3H2,1-2H3,(H,18,19). The van der Waals surface area contributed by atoms with Gasteiger partial charge in [0.05, 0.1) is 11.0 Å². The second kappa shape index (κ2) is 4.82. The van der Waals surface area contributed by atoms with Crippen molar-refractivity contribution in [3.8, 4) is 11.4 Å². The molecule has 0 bridgehead atoms. The molecule has 0 saturated heterocycles. The first kappa shape index (κ1) is 12.4. The maximum Gasteiger partial charge on any atom is 0.138 e. The number of H-pyrrole nitrogens is 1. The molecule has 2 nitrogen and oxygen atoms in total. The van der Waals surface area contributed by atoms with Gasteiger partial charge < -0.3 is 4.98 Å². The second-order valence-electron chi connectivity index (χ2n) is 4.75. The van der Waals surface area contributed by atoms with E-state index in [-0.39, 0.29) is 0 Å². The largest absolute Gasteiger partial charge is 0.338 e. The van der Waals surface area contributed by atoms with Crippen molar-refractivity contribution in [1.82, 2.24) is 9.97 Å². The molecule has 0 aliphatic carbocycles. The molecule has 1 heterocycles. The molecule has 1 N–H and O–H groups in total. The molecule has 3 aromatic rings. The number of hydrogen-bond acceptors (Lipinski definition) is 1. The first-order chi connectivity index (χ1) is 9.17. The molecule has 0 radical (unpaired) electrons. The normalized spacial score (nSPS) is 11.1. The van der Waals surface area contributed by atoms with Crippen molar-refractivity contribution < 1.29 is 0 Å². The van der Waals surface area contributed by atoms with E-state index in [0.29, 0.717) is 0 Å². The number of aromatic amines is 1. The third kappa shape index (κ3) is 2.30. The highest BCUT2D eigenvalue weighted by Gasteiger charge is 2.07. The van der Waals surface area contributed by atoms with Crippen molar-refractivity contribution >= 4 is 27.0 Å². The van der Waals surface area contributed by atoms with E-state index in [4.69, 9.17) is 0 Å². The molecule has 0 atom stereocenters. The lowest BCUT2D eigenvalue weighted by atomic mass is 10.1.